The molecule has 0 fully saturated rings. The lowest BCUT2D eigenvalue weighted by Crippen LogP contribution is -2.31. The van der Waals surface area contributed by atoms with E-state index in [9.17, 15) is 0 Å². The van der Waals surface area contributed by atoms with E-state index in [-0.39, 0.29) is 6.04 Å². The summed E-state index contributed by atoms with van der Waals surface area (Å²) < 4.78 is 2.47. The van der Waals surface area contributed by atoms with Gasteiger partial charge in [-0.2, -0.15) is 0 Å². The second-order valence-corrected chi connectivity index (χ2v) is 13.1. The van der Waals surface area contributed by atoms with Crippen molar-refractivity contribution in [1.29, 1.82) is 0 Å². The Balaban J connectivity index is 1.22. The summed E-state index contributed by atoms with van der Waals surface area (Å²) in [7, 11) is 0. The Labute approximate surface area is 292 Å². The summed E-state index contributed by atoms with van der Waals surface area (Å²) in [6, 6.07) is 56.6. The molecule has 1 aliphatic heterocycles. The lowest BCUT2D eigenvalue weighted by Gasteiger charge is -2.25. The second kappa shape index (κ2) is 12.4. The molecule has 0 bridgehead atoms. The number of nitrogens with one attached hydrogen (secondary N) is 1. The third kappa shape index (κ3) is 4.93. The fraction of sp³-hybridized carbons (Fsp3) is 0.0851. The third-order valence-electron chi connectivity index (χ3n) is 10.2. The quantitative estimate of drug-likeness (QED) is 0.180. The molecule has 1 atom stereocenters. The molecule has 1 unspecified atom stereocenters. The zero-order valence-electron chi connectivity index (χ0n) is 28.3. The minimum atomic E-state index is 0.00915. The van der Waals surface area contributed by atoms with Crippen LogP contribution in [0.4, 0.5) is 0 Å². The minimum Gasteiger partial charge on any atom is -0.359 e. The highest BCUT2D eigenvalue weighted by atomic mass is 15.1. The van der Waals surface area contributed by atoms with Crippen LogP contribution in [0.2, 0.25) is 0 Å². The molecule has 3 heteroatoms. The standard InChI is InChI=1S/C47H37N3/c1-3-36-38-21-10-11-22-39(38)40-23-12-13-24-41(40)45(36)46-31(2)37-20-14-15-25-44(37)50(46)35-28-26-34(27-29-35)47-48-42(32-16-6-4-7-17-32)30-43(49-47)33-18-8-5-9-19-33/h4-30,42H,3H2,1-2H3,(H,48,49). The van der Waals surface area contributed by atoms with Gasteiger partial charge in [0.05, 0.1) is 22.9 Å². The van der Waals surface area contributed by atoms with Crippen LogP contribution in [0.1, 0.15) is 40.8 Å². The highest BCUT2D eigenvalue weighted by Crippen LogP contribution is 2.44. The van der Waals surface area contributed by atoms with Gasteiger partial charge in [0.1, 0.15) is 5.84 Å². The van der Waals surface area contributed by atoms with E-state index in [0.29, 0.717) is 0 Å². The molecule has 50 heavy (non-hydrogen) atoms. The van der Waals surface area contributed by atoms with E-state index < -0.39 is 0 Å². The molecule has 0 spiro atoms. The van der Waals surface area contributed by atoms with Gasteiger partial charge in [0.25, 0.3) is 0 Å². The molecule has 0 aliphatic carbocycles. The Morgan fingerprint density at radius 3 is 1.86 bits per heavy atom. The van der Waals surface area contributed by atoms with Gasteiger partial charge in [-0.1, -0.05) is 134 Å². The second-order valence-electron chi connectivity index (χ2n) is 13.1. The van der Waals surface area contributed by atoms with E-state index in [4.69, 9.17) is 4.99 Å². The molecule has 9 rings (SSSR count). The minimum absolute atomic E-state index is 0.00915. The maximum atomic E-state index is 5.17. The molecular formula is C47H37N3. The summed E-state index contributed by atoms with van der Waals surface area (Å²) in [6.07, 6.45) is 3.16. The molecule has 0 amide bonds. The highest BCUT2D eigenvalue weighted by molar-refractivity contribution is 6.17. The Morgan fingerprint density at radius 2 is 1.16 bits per heavy atom. The Hall–Kier alpha value is -6.19. The average molecular weight is 644 g/mol. The van der Waals surface area contributed by atoms with Crippen molar-refractivity contribution in [2.75, 3.05) is 0 Å². The van der Waals surface area contributed by atoms with E-state index in [1.54, 1.807) is 0 Å². The van der Waals surface area contributed by atoms with Crippen molar-refractivity contribution in [2.24, 2.45) is 4.99 Å². The zero-order chi connectivity index (χ0) is 33.6. The van der Waals surface area contributed by atoms with Crippen LogP contribution in [-0.2, 0) is 6.42 Å². The van der Waals surface area contributed by atoms with E-state index in [2.05, 4.69) is 181 Å². The van der Waals surface area contributed by atoms with E-state index in [0.717, 1.165) is 34.8 Å². The third-order valence-corrected chi connectivity index (χ3v) is 10.2. The van der Waals surface area contributed by atoms with Crippen LogP contribution in [0.15, 0.2) is 169 Å². The molecule has 1 N–H and O–H groups in total. The molecular weight excluding hydrogens is 607 g/mol. The number of para-hydroxylation sites is 1. The molecule has 240 valence electrons. The molecule has 0 saturated heterocycles. The molecule has 0 saturated carbocycles. The number of hydrogen-bond donors (Lipinski definition) is 1. The monoisotopic (exact) mass is 643 g/mol. The van der Waals surface area contributed by atoms with Gasteiger partial charge in [-0.05, 0) is 93.6 Å². The van der Waals surface area contributed by atoms with Crippen molar-refractivity contribution < 1.29 is 0 Å². The zero-order valence-corrected chi connectivity index (χ0v) is 28.3. The topological polar surface area (TPSA) is 29.3 Å². The van der Waals surface area contributed by atoms with Crippen molar-refractivity contribution >= 4 is 44.0 Å². The summed E-state index contributed by atoms with van der Waals surface area (Å²) >= 11 is 0. The Kier molecular flexibility index (Phi) is 7.39. The number of rotatable bonds is 6. The summed E-state index contributed by atoms with van der Waals surface area (Å²) in [4.78, 5) is 5.17. The van der Waals surface area contributed by atoms with Crippen LogP contribution in [0.25, 0.3) is 55.1 Å². The van der Waals surface area contributed by atoms with Crippen molar-refractivity contribution in [3.05, 3.63) is 192 Å². The van der Waals surface area contributed by atoms with Gasteiger partial charge >= 0.3 is 0 Å². The van der Waals surface area contributed by atoms with E-state index in [1.807, 2.05) is 6.07 Å². The maximum absolute atomic E-state index is 5.17. The van der Waals surface area contributed by atoms with Crippen LogP contribution in [0, 0.1) is 6.92 Å². The predicted octanol–water partition coefficient (Wildman–Crippen LogP) is 11.6. The number of aliphatic imine (C=N–C) groups is 1. The van der Waals surface area contributed by atoms with Crippen LogP contribution in [0.3, 0.4) is 0 Å². The fourth-order valence-electron chi connectivity index (χ4n) is 7.88. The summed E-state index contributed by atoms with van der Waals surface area (Å²) in [5, 5.41) is 10.2. The Morgan fingerprint density at radius 1 is 0.580 bits per heavy atom. The van der Waals surface area contributed by atoms with Crippen molar-refractivity contribution in [3.63, 3.8) is 0 Å². The molecule has 2 heterocycles. The normalized spacial score (nSPS) is 14.5. The predicted molar refractivity (Wildman–Crippen MR) is 211 cm³/mol. The Bertz CT molecular complexity index is 2590. The number of hydrogen-bond acceptors (Lipinski definition) is 2. The summed E-state index contributed by atoms with van der Waals surface area (Å²) in [5.74, 6) is 0.870. The number of amidine groups is 1. The molecule has 8 aromatic rings. The molecule has 0 radical (unpaired) electrons. The average Bonchev–Trinajstić information content (AvgIpc) is 3.49. The van der Waals surface area contributed by atoms with Gasteiger partial charge in [-0.15, -0.1) is 0 Å². The maximum Gasteiger partial charge on any atom is 0.134 e. The van der Waals surface area contributed by atoms with Gasteiger partial charge in [0.15, 0.2) is 0 Å². The first-order valence-electron chi connectivity index (χ1n) is 17.5. The highest BCUT2D eigenvalue weighted by Gasteiger charge is 2.24. The lowest BCUT2D eigenvalue weighted by atomic mass is 9.88. The number of aryl methyl sites for hydroxylation is 2. The van der Waals surface area contributed by atoms with E-state index >= 15 is 0 Å². The fourth-order valence-corrected chi connectivity index (χ4v) is 7.88. The van der Waals surface area contributed by atoms with Crippen LogP contribution in [0.5, 0.6) is 0 Å². The van der Waals surface area contributed by atoms with Crippen molar-refractivity contribution in [3.8, 4) is 16.9 Å². The number of nitrogens with zero attached hydrogens (tertiary/aromatic N) is 2. The first-order chi connectivity index (χ1) is 24.7. The van der Waals surface area contributed by atoms with E-state index in [1.165, 1.54) is 60.4 Å². The molecule has 3 nitrogen and oxygen atoms in total. The van der Waals surface area contributed by atoms with Gasteiger partial charge < -0.3 is 9.88 Å². The van der Waals surface area contributed by atoms with Crippen LogP contribution >= 0.6 is 0 Å². The molecule has 1 aromatic heterocycles. The lowest BCUT2D eigenvalue weighted by molar-refractivity contribution is 0.781. The van der Waals surface area contributed by atoms with Crippen molar-refractivity contribution in [2.45, 2.75) is 26.3 Å². The van der Waals surface area contributed by atoms with Gasteiger partial charge in [-0.3, -0.25) is 0 Å². The first kappa shape index (κ1) is 29.9. The number of fused-ring (bicyclic) bond motifs is 4. The van der Waals surface area contributed by atoms with Gasteiger partial charge in [0.2, 0.25) is 0 Å². The van der Waals surface area contributed by atoms with Gasteiger partial charge in [0, 0.05) is 22.2 Å². The van der Waals surface area contributed by atoms with Crippen LogP contribution in [-0.4, -0.2) is 10.4 Å². The number of aromatic nitrogens is 1. The largest absolute Gasteiger partial charge is 0.359 e. The molecule has 1 aliphatic rings. The molecule has 7 aromatic carbocycles. The first-order valence-corrected chi connectivity index (χ1v) is 17.5. The van der Waals surface area contributed by atoms with Gasteiger partial charge in [-0.25, -0.2) is 4.99 Å². The van der Waals surface area contributed by atoms with Crippen molar-refractivity contribution in [1.82, 2.24) is 9.88 Å². The number of benzene rings is 7. The SMILES string of the molecule is CCc1c(-c2c(C)c3ccccc3n2-c2ccc(C3=NC(c4ccccc4)=CC(c4ccccc4)N3)cc2)c2ccccc2c2ccccc12. The summed E-state index contributed by atoms with van der Waals surface area (Å²) in [6.45, 7) is 4.57. The smallest absolute Gasteiger partial charge is 0.134 e. The van der Waals surface area contributed by atoms with Crippen LogP contribution < -0.4 is 5.32 Å². The summed E-state index contributed by atoms with van der Waals surface area (Å²) in [5.41, 5.74) is 11.9.